The highest BCUT2D eigenvalue weighted by Crippen LogP contribution is 2.35. The summed E-state index contributed by atoms with van der Waals surface area (Å²) in [7, 11) is 1.61. The largest absolute Gasteiger partial charge is 0.493 e. The van der Waals surface area contributed by atoms with Gasteiger partial charge in [0.25, 0.3) is 11.8 Å². The number of carbonyl (C=O) groups is 2. The molecule has 2 heterocycles. The third-order valence-corrected chi connectivity index (χ3v) is 6.54. The van der Waals surface area contributed by atoms with Gasteiger partial charge in [0.15, 0.2) is 11.5 Å². The SMILES string of the molecule is COc1cc(C=C2C(=O)N(Cc3ccncc3)C(=O)C2=Cc2ccccc2)ccc1OC1CCCC1. The normalized spacial score (nSPS) is 18.4. The topological polar surface area (TPSA) is 68.7 Å². The summed E-state index contributed by atoms with van der Waals surface area (Å²) >= 11 is 0. The zero-order chi connectivity index (χ0) is 24.9. The highest BCUT2D eigenvalue weighted by Gasteiger charge is 2.38. The third kappa shape index (κ3) is 5.08. The maximum Gasteiger partial charge on any atom is 0.261 e. The van der Waals surface area contributed by atoms with E-state index in [1.54, 1.807) is 43.8 Å². The fourth-order valence-corrected chi connectivity index (χ4v) is 4.65. The van der Waals surface area contributed by atoms with Crippen LogP contribution in [-0.2, 0) is 16.1 Å². The number of carbonyl (C=O) groups excluding carboxylic acids is 2. The van der Waals surface area contributed by atoms with Crippen LogP contribution in [0.5, 0.6) is 11.5 Å². The van der Waals surface area contributed by atoms with E-state index in [4.69, 9.17) is 9.47 Å². The molecule has 3 aromatic rings. The van der Waals surface area contributed by atoms with Crippen LogP contribution in [0.2, 0.25) is 0 Å². The number of amides is 2. The van der Waals surface area contributed by atoms with E-state index in [2.05, 4.69) is 4.98 Å². The highest BCUT2D eigenvalue weighted by atomic mass is 16.5. The number of rotatable bonds is 7. The van der Waals surface area contributed by atoms with E-state index in [1.807, 2.05) is 48.5 Å². The lowest BCUT2D eigenvalue weighted by atomic mass is 10.0. The molecule has 1 aliphatic carbocycles. The molecule has 1 saturated heterocycles. The molecule has 0 unspecified atom stereocenters. The van der Waals surface area contributed by atoms with Crippen LogP contribution in [0.25, 0.3) is 12.2 Å². The van der Waals surface area contributed by atoms with Gasteiger partial charge in [0.2, 0.25) is 0 Å². The molecule has 0 N–H and O–H groups in total. The number of imide groups is 1. The lowest BCUT2D eigenvalue weighted by molar-refractivity contribution is -0.137. The fourth-order valence-electron chi connectivity index (χ4n) is 4.65. The molecule has 2 aliphatic rings. The fraction of sp³-hybridized carbons (Fsp3) is 0.233. The zero-order valence-electron chi connectivity index (χ0n) is 20.2. The molecule has 0 atom stereocenters. The predicted molar refractivity (Wildman–Crippen MR) is 138 cm³/mol. The van der Waals surface area contributed by atoms with Gasteiger partial charge in [0, 0.05) is 12.4 Å². The summed E-state index contributed by atoms with van der Waals surface area (Å²) in [6.45, 7) is 0.182. The predicted octanol–water partition coefficient (Wildman–Crippen LogP) is 5.45. The van der Waals surface area contributed by atoms with Gasteiger partial charge in [-0.3, -0.25) is 19.5 Å². The van der Waals surface area contributed by atoms with Crippen LogP contribution in [0, 0.1) is 0 Å². The number of methoxy groups -OCH3 is 1. The Morgan fingerprint density at radius 3 is 2.19 bits per heavy atom. The number of ether oxygens (including phenoxy) is 2. The molecule has 182 valence electrons. The first-order chi connectivity index (χ1) is 17.6. The molecular weight excluding hydrogens is 452 g/mol. The Morgan fingerprint density at radius 1 is 0.861 bits per heavy atom. The number of hydrogen-bond donors (Lipinski definition) is 0. The van der Waals surface area contributed by atoms with E-state index >= 15 is 0 Å². The van der Waals surface area contributed by atoms with Gasteiger partial charge >= 0.3 is 0 Å². The lowest BCUT2D eigenvalue weighted by Gasteiger charge is -2.16. The summed E-state index contributed by atoms with van der Waals surface area (Å²) in [5, 5.41) is 0. The van der Waals surface area contributed by atoms with Gasteiger partial charge in [0.05, 0.1) is 30.9 Å². The number of likely N-dealkylation sites (tertiary alicyclic amines) is 1. The van der Waals surface area contributed by atoms with Crippen molar-refractivity contribution in [2.75, 3.05) is 7.11 Å². The first-order valence-electron chi connectivity index (χ1n) is 12.2. The van der Waals surface area contributed by atoms with Crippen molar-refractivity contribution in [2.24, 2.45) is 0 Å². The number of nitrogens with zero attached hydrogens (tertiary/aromatic N) is 2. The summed E-state index contributed by atoms with van der Waals surface area (Å²) in [6.07, 6.45) is 11.5. The Labute approximate surface area is 210 Å². The summed E-state index contributed by atoms with van der Waals surface area (Å²) < 4.78 is 11.7. The van der Waals surface area contributed by atoms with Gasteiger partial charge in [-0.2, -0.15) is 0 Å². The molecule has 0 radical (unpaired) electrons. The molecule has 1 aliphatic heterocycles. The lowest BCUT2D eigenvalue weighted by Crippen LogP contribution is -2.29. The van der Waals surface area contributed by atoms with Crippen molar-refractivity contribution in [3.63, 3.8) is 0 Å². The van der Waals surface area contributed by atoms with E-state index in [0.29, 0.717) is 22.6 Å². The quantitative estimate of drug-likeness (QED) is 0.332. The molecule has 6 heteroatoms. The summed E-state index contributed by atoms with van der Waals surface area (Å²) in [5.41, 5.74) is 3.16. The second kappa shape index (κ2) is 10.6. The van der Waals surface area contributed by atoms with E-state index < -0.39 is 0 Å². The number of benzene rings is 2. The average Bonchev–Trinajstić information content (AvgIpc) is 3.50. The minimum atomic E-state index is -0.329. The van der Waals surface area contributed by atoms with Crippen molar-refractivity contribution in [3.05, 3.63) is 101 Å². The summed E-state index contributed by atoms with van der Waals surface area (Å²) in [4.78, 5) is 32.2. The van der Waals surface area contributed by atoms with Crippen molar-refractivity contribution >= 4 is 24.0 Å². The van der Waals surface area contributed by atoms with Gasteiger partial charge < -0.3 is 9.47 Å². The molecule has 1 aromatic heterocycles. The van der Waals surface area contributed by atoms with Crippen LogP contribution in [0.15, 0.2) is 84.2 Å². The second-order valence-corrected chi connectivity index (χ2v) is 9.01. The first kappa shape index (κ1) is 23.5. The van der Waals surface area contributed by atoms with Gasteiger partial charge in [-0.25, -0.2) is 0 Å². The van der Waals surface area contributed by atoms with Gasteiger partial charge in [0.1, 0.15) is 0 Å². The monoisotopic (exact) mass is 480 g/mol. The maximum atomic E-state index is 13.5. The van der Waals surface area contributed by atoms with Gasteiger partial charge in [-0.05, 0) is 78.8 Å². The van der Waals surface area contributed by atoms with E-state index in [0.717, 1.165) is 29.5 Å². The Bertz CT molecular complexity index is 1310. The van der Waals surface area contributed by atoms with Crippen LogP contribution in [-0.4, -0.2) is 34.9 Å². The Kier molecular flexibility index (Phi) is 6.94. The van der Waals surface area contributed by atoms with Gasteiger partial charge in [-0.15, -0.1) is 0 Å². The second-order valence-electron chi connectivity index (χ2n) is 9.01. The first-order valence-corrected chi connectivity index (χ1v) is 12.2. The Hall–Kier alpha value is -4.19. The third-order valence-electron chi connectivity index (χ3n) is 6.54. The van der Waals surface area contributed by atoms with Crippen molar-refractivity contribution in [2.45, 2.75) is 38.3 Å². The van der Waals surface area contributed by atoms with Crippen molar-refractivity contribution in [1.82, 2.24) is 9.88 Å². The average molecular weight is 481 g/mol. The highest BCUT2D eigenvalue weighted by molar-refractivity contribution is 6.28. The van der Waals surface area contributed by atoms with Crippen LogP contribution in [0.4, 0.5) is 0 Å². The molecular formula is C30H28N2O4. The molecule has 6 nitrogen and oxygen atoms in total. The van der Waals surface area contributed by atoms with E-state index in [-0.39, 0.29) is 24.5 Å². The Balaban J connectivity index is 1.50. The molecule has 0 spiro atoms. The molecule has 2 fully saturated rings. The van der Waals surface area contributed by atoms with Crippen molar-refractivity contribution < 1.29 is 19.1 Å². The zero-order valence-corrected chi connectivity index (χ0v) is 20.2. The minimum absolute atomic E-state index is 0.182. The van der Waals surface area contributed by atoms with Crippen molar-refractivity contribution in [3.8, 4) is 11.5 Å². The van der Waals surface area contributed by atoms with Crippen molar-refractivity contribution in [1.29, 1.82) is 0 Å². The molecule has 1 saturated carbocycles. The van der Waals surface area contributed by atoms with E-state index in [9.17, 15) is 9.59 Å². The molecule has 2 aromatic carbocycles. The Morgan fingerprint density at radius 2 is 1.53 bits per heavy atom. The van der Waals surface area contributed by atoms with Gasteiger partial charge in [-0.1, -0.05) is 36.4 Å². The van der Waals surface area contributed by atoms with E-state index in [1.165, 1.54) is 17.7 Å². The standard InChI is InChI=1S/C30H28N2O4/c1-35-28-19-23(11-12-27(28)36-24-9-5-6-10-24)18-26-25(17-21-7-3-2-4-8-21)29(33)32(30(26)34)20-22-13-15-31-16-14-22/h2-4,7-8,11-19,24H,5-6,9-10,20H2,1H3. The number of pyridine rings is 1. The van der Waals surface area contributed by atoms with Crippen LogP contribution in [0.3, 0.4) is 0 Å². The number of hydrogen-bond acceptors (Lipinski definition) is 5. The van der Waals surface area contributed by atoms with Crippen LogP contribution >= 0.6 is 0 Å². The molecule has 5 rings (SSSR count). The summed E-state index contributed by atoms with van der Waals surface area (Å²) in [5.74, 6) is 0.652. The minimum Gasteiger partial charge on any atom is -0.493 e. The summed E-state index contributed by atoms with van der Waals surface area (Å²) in [6, 6.07) is 18.8. The molecule has 36 heavy (non-hydrogen) atoms. The van der Waals surface area contributed by atoms with Crippen LogP contribution < -0.4 is 9.47 Å². The molecule has 2 amide bonds. The smallest absolute Gasteiger partial charge is 0.261 e. The van der Waals surface area contributed by atoms with Crippen LogP contribution in [0.1, 0.15) is 42.4 Å². The molecule has 0 bridgehead atoms. The maximum absolute atomic E-state index is 13.5. The number of aromatic nitrogens is 1.